The second-order valence-corrected chi connectivity index (χ2v) is 10.0. The fraction of sp³-hybridized carbons (Fsp3) is 0.214. The minimum atomic E-state index is -0.148. The minimum absolute atomic E-state index is 0.0326. The highest BCUT2D eigenvalue weighted by Gasteiger charge is 2.23. The average molecular weight is 496 g/mol. The molecule has 0 radical (unpaired) electrons. The van der Waals surface area contributed by atoms with Crippen molar-refractivity contribution in [2.24, 2.45) is 0 Å². The summed E-state index contributed by atoms with van der Waals surface area (Å²) in [5, 5.41) is 13.1. The largest absolute Gasteiger partial charge is 0.349 e. The molecular formula is C28H25N5O2S. The number of nitrogens with zero attached hydrogens (tertiary/aromatic N) is 4. The third-order valence-corrected chi connectivity index (χ3v) is 7.72. The van der Waals surface area contributed by atoms with Gasteiger partial charge in [0.05, 0.1) is 28.4 Å². The number of aromatic nitrogens is 4. The van der Waals surface area contributed by atoms with Crippen LogP contribution < -0.4 is 10.9 Å². The summed E-state index contributed by atoms with van der Waals surface area (Å²) >= 11 is 1.33. The van der Waals surface area contributed by atoms with E-state index in [-0.39, 0.29) is 23.3 Å². The van der Waals surface area contributed by atoms with Gasteiger partial charge in [0, 0.05) is 0 Å². The topological polar surface area (TPSA) is 81.3 Å². The van der Waals surface area contributed by atoms with Crippen LogP contribution in [-0.2, 0) is 11.2 Å². The summed E-state index contributed by atoms with van der Waals surface area (Å²) in [5.41, 5.74) is 4.81. The van der Waals surface area contributed by atoms with Crippen LogP contribution >= 0.6 is 11.8 Å². The van der Waals surface area contributed by atoms with Crippen molar-refractivity contribution in [3.05, 3.63) is 99.8 Å². The molecule has 1 amide bonds. The van der Waals surface area contributed by atoms with E-state index in [4.69, 9.17) is 0 Å². The summed E-state index contributed by atoms with van der Waals surface area (Å²) in [6.07, 6.45) is 3.06. The zero-order valence-electron chi connectivity index (χ0n) is 19.8. The van der Waals surface area contributed by atoms with Crippen molar-refractivity contribution in [2.75, 3.05) is 5.75 Å². The Morgan fingerprint density at radius 2 is 1.81 bits per heavy atom. The van der Waals surface area contributed by atoms with Gasteiger partial charge >= 0.3 is 0 Å². The van der Waals surface area contributed by atoms with Crippen molar-refractivity contribution < 1.29 is 4.79 Å². The summed E-state index contributed by atoms with van der Waals surface area (Å²) in [4.78, 5) is 26.5. The molecule has 180 valence electrons. The molecule has 0 bridgehead atoms. The van der Waals surface area contributed by atoms with Crippen molar-refractivity contribution in [3.63, 3.8) is 0 Å². The third kappa shape index (κ3) is 3.87. The van der Waals surface area contributed by atoms with E-state index in [0.717, 1.165) is 36.0 Å². The zero-order chi connectivity index (χ0) is 24.6. The highest BCUT2D eigenvalue weighted by Crippen LogP contribution is 2.30. The van der Waals surface area contributed by atoms with E-state index in [0.29, 0.717) is 16.3 Å². The van der Waals surface area contributed by atoms with E-state index in [9.17, 15) is 9.59 Å². The molecule has 2 heterocycles. The van der Waals surface area contributed by atoms with Crippen molar-refractivity contribution in [3.8, 4) is 5.69 Å². The zero-order valence-corrected chi connectivity index (χ0v) is 20.7. The van der Waals surface area contributed by atoms with Gasteiger partial charge < -0.3 is 5.32 Å². The first-order valence-corrected chi connectivity index (χ1v) is 13.1. The lowest BCUT2D eigenvalue weighted by Crippen LogP contribution is -2.32. The molecule has 1 aliphatic rings. The van der Waals surface area contributed by atoms with E-state index < -0.39 is 0 Å². The van der Waals surface area contributed by atoms with Crippen molar-refractivity contribution in [1.29, 1.82) is 0 Å². The molecule has 5 aromatic rings. The first-order chi connectivity index (χ1) is 17.6. The smallest absolute Gasteiger partial charge is 0.267 e. The van der Waals surface area contributed by atoms with E-state index in [2.05, 4.69) is 33.7 Å². The number of fused-ring (bicyclic) bond motifs is 4. The number of thioether (sulfide) groups is 1. The molecule has 1 aliphatic carbocycles. The molecule has 0 fully saturated rings. The van der Waals surface area contributed by atoms with Crippen LogP contribution in [0.3, 0.4) is 0 Å². The first kappa shape index (κ1) is 22.5. The van der Waals surface area contributed by atoms with Gasteiger partial charge in [-0.25, -0.2) is 4.57 Å². The quantitative estimate of drug-likeness (QED) is 0.360. The number of aryl methyl sites for hydroxylation is 2. The lowest BCUT2D eigenvalue weighted by Gasteiger charge is -2.26. The second kappa shape index (κ2) is 9.28. The van der Waals surface area contributed by atoms with E-state index in [1.807, 2.05) is 65.9 Å². The molecule has 7 nitrogen and oxygen atoms in total. The molecule has 0 spiro atoms. The predicted octanol–water partition coefficient (Wildman–Crippen LogP) is 4.63. The molecule has 8 heteroatoms. The third-order valence-electron chi connectivity index (χ3n) is 6.79. The van der Waals surface area contributed by atoms with Crippen LogP contribution in [0.2, 0.25) is 0 Å². The number of carbonyl (C=O) groups is 1. The number of hydrogen-bond acceptors (Lipinski definition) is 5. The molecular weight excluding hydrogens is 470 g/mol. The van der Waals surface area contributed by atoms with Crippen LogP contribution in [0.1, 0.15) is 35.6 Å². The van der Waals surface area contributed by atoms with Gasteiger partial charge in [0.1, 0.15) is 0 Å². The summed E-state index contributed by atoms with van der Waals surface area (Å²) in [7, 11) is 0. The van der Waals surface area contributed by atoms with E-state index in [1.54, 1.807) is 4.57 Å². The molecule has 0 saturated heterocycles. The molecule has 3 aromatic carbocycles. The van der Waals surface area contributed by atoms with Gasteiger partial charge in [-0.2, -0.15) is 0 Å². The Bertz CT molecular complexity index is 1670. The Labute approximate surface area is 212 Å². The minimum Gasteiger partial charge on any atom is -0.349 e. The summed E-state index contributed by atoms with van der Waals surface area (Å²) < 4.78 is 3.48. The Morgan fingerprint density at radius 1 is 1.03 bits per heavy atom. The molecule has 1 atom stereocenters. The number of nitrogens with one attached hydrogen (secondary N) is 1. The fourth-order valence-electron chi connectivity index (χ4n) is 5.07. The van der Waals surface area contributed by atoms with E-state index in [1.165, 1.54) is 22.9 Å². The molecule has 2 aromatic heterocycles. The van der Waals surface area contributed by atoms with Gasteiger partial charge in [0.15, 0.2) is 5.16 Å². The Hall–Kier alpha value is -3.91. The van der Waals surface area contributed by atoms with Gasteiger partial charge in [-0.05, 0) is 61.1 Å². The first-order valence-electron chi connectivity index (χ1n) is 12.1. The number of hydrogen-bond donors (Lipinski definition) is 1. The van der Waals surface area contributed by atoms with Crippen LogP contribution in [0.15, 0.2) is 82.7 Å². The van der Waals surface area contributed by atoms with Crippen LogP contribution in [0, 0.1) is 6.92 Å². The summed E-state index contributed by atoms with van der Waals surface area (Å²) in [6, 6.07) is 23.5. The lowest BCUT2D eigenvalue weighted by molar-refractivity contribution is -0.119. The summed E-state index contributed by atoms with van der Waals surface area (Å²) in [5.74, 6) is 0.587. The standard InChI is InChI=1S/C28H25N5O2S/c1-18-9-2-6-15-23(18)32-26(35)21-13-5-7-16-24(21)33-27(32)30-31-28(33)36-17-25(34)29-22-14-8-11-19-10-3-4-12-20(19)22/h2-7,9-10,12-13,15-16,22H,8,11,14,17H2,1H3,(H,29,34). The maximum absolute atomic E-state index is 13.5. The van der Waals surface area contributed by atoms with Gasteiger partial charge in [-0.1, -0.05) is 66.4 Å². The number of rotatable bonds is 5. The highest BCUT2D eigenvalue weighted by atomic mass is 32.2. The molecule has 0 saturated carbocycles. The number of amides is 1. The van der Waals surface area contributed by atoms with Crippen LogP contribution in [0.5, 0.6) is 0 Å². The molecule has 36 heavy (non-hydrogen) atoms. The average Bonchev–Trinajstić information content (AvgIpc) is 3.33. The van der Waals surface area contributed by atoms with Crippen molar-refractivity contribution in [2.45, 2.75) is 37.4 Å². The van der Waals surface area contributed by atoms with Gasteiger partial charge in [-0.15, -0.1) is 10.2 Å². The number of carbonyl (C=O) groups excluding carboxylic acids is 1. The van der Waals surface area contributed by atoms with Crippen LogP contribution in [0.4, 0.5) is 0 Å². The monoisotopic (exact) mass is 495 g/mol. The van der Waals surface area contributed by atoms with Gasteiger partial charge in [0.25, 0.3) is 5.56 Å². The molecule has 1 unspecified atom stereocenters. The molecule has 0 aliphatic heterocycles. The molecule has 1 N–H and O–H groups in total. The Balaban J connectivity index is 1.34. The van der Waals surface area contributed by atoms with Crippen LogP contribution in [0.25, 0.3) is 22.4 Å². The summed E-state index contributed by atoms with van der Waals surface area (Å²) in [6.45, 7) is 1.97. The maximum Gasteiger partial charge on any atom is 0.267 e. The van der Waals surface area contributed by atoms with Crippen LogP contribution in [-0.4, -0.2) is 30.8 Å². The maximum atomic E-state index is 13.5. The normalized spacial score (nSPS) is 15.2. The van der Waals surface area contributed by atoms with Gasteiger partial charge in [0.2, 0.25) is 11.7 Å². The molecule has 6 rings (SSSR count). The van der Waals surface area contributed by atoms with Crippen molar-refractivity contribution >= 4 is 34.3 Å². The Morgan fingerprint density at radius 3 is 2.69 bits per heavy atom. The number of benzene rings is 3. The fourth-order valence-corrected chi connectivity index (χ4v) is 5.82. The second-order valence-electron chi connectivity index (χ2n) is 9.06. The van der Waals surface area contributed by atoms with Gasteiger partial charge in [-0.3, -0.25) is 14.0 Å². The lowest BCUT2D eigenvalue weighted by atomic mass is 9.88. The highest BCUT2D eigenvalue weighted by molar-refractivity contribution is 7.99. The predicted molar refractivity (Wildman–Crippen MR) is 142 cm³/mol. The number of para-hydroxylation sites is 2. The Kier molecular flexibility index (Phi) is 5.81. The van der Waals surface area contributed by atoms with E-state index >= 15 is 0 Å². The SMILES string of the molecule is Cc1ccccc1-n1c(=O)c2ccccc2n2c(SCC(=O)NC3CCCc4ccccc43)nnc12. The van der Waals surface area contributed by atoms with Crippen molar-refractivity contribution in [1.82, 2.24) is 24.5 Å².